The second kappa shape index (κ2) is 8.12. The fraction of sp³-hybridized carbons (Fsp3) is 0.118. The molecule has 1 aromatic heterocycles. The number of amides is 2. The third kappa shape index (κ3) is 4.33. The molecule has 0 saturated carbocycles. The zero-order chi connectivity index (χ0) is 17.5. The van der Waals surface area contributed by atoms with Crippen molar-refractivity contribution in [1.82, 2.24) is 10.3 Å². The minimum atomic E-state index is -0.401. The van der Waals surface area contributed by atoms with Crippen LogP contribution in [0.2, 0.25) is 5.02 Å². The van der Waals surface area contributed by atoms with Gasteiger partial charge in [0.1, 0.15) is 5.75 Å². The van der Waals surface area contributed by atoms with Crippen LogP contribution in [0.5, 0.6) is 5.75 Å². The highest BCUT2D eigenvalue weighted by molar-refractivity contribution is 6.32. The van der Waals surface area contributed by atoms with Crippen molar-refractivity contribution in [3.8, 4) is 5.75 Å². The van der Waals surface area contributed by atoms with E-state index in [4.69, 9.17) is 16.3 Å². The second-order valence-corrected chi connectivity index (χ2v) is 5.17. The Kier molecular flexibility index (Phi) is 5.92. The minimum Gasteiger partial charge on any atom is -0.495 e. The van der Waals surface area contributed by atoms with E-state index in [2.05, 4.69) is 22.2 Å². The number of methoxy groups -OCH3 is 1. The van der Waals surface area contributed by atoms with Gasteiger partial charge in [-0.2, -0.15) is 0 Å². The molecule has 24 heavy (non-hydrogen) atoms. The SMILES string of the molecule is C=CCNC(=O)c1cncc(C(=O)Nc2ccc(OC)c(Cl)c2)c1. The first kappa shape index (κ1) is 17.5. The Bertz CT molecular complexity index is 777. The van der Waals surface area contributed by atoms with E-state index in [0.29, 0.717) is 23.0 Å². The van der Waals surface area contributed by atoms with Gasteiger partial charge in [-0.3, -0.25) is 14.6 Å². The first-order valence-corrected chi connectivity index (χ1v) is 7.42. The molecule has 0 fully saturated rings. The fourth-order valence-electron chi connectivity index (χ4n) is 1.90. The maximum atomic E-state index is 12.3. The number of rotatable bonds is 6. The highest BCUT2D eigenvalue weighted by Gasteiger charge is 2.12. The number of halogens is 1. The van der Waals surface area contributed by atoms with E-state index < -0.39 is 5.91 Å². The number of hydrogen-bond acceptors (Lipinski definition) is 4. The molecule has 1 heterocycles. The standard InChI is InChI=1S/C17H16ClN3O3/c1-3-6-20-16(22)11-7-12(10-19-9-11)17(23)21-13-4-5-15(24-2)14(18)8-13/h3-5,7-10H,1,6H2,2H3,(H,20,22)(H,21,23). The van der Waals surface area contributed by atoms with Crippen LogP contribution in [0.4, 0.5) is 5.69 Å². The molecule has 0 saturated heterocycles. The van der Waals surface area contributed by atoms with Gasteiger partial charge < -0.3 is 15.4 Å². The van der Waals surface area contributed by atoms with Crippen LogP contribution in [-0.4, -0.2) is 30.5 Å². The molecular formula is C17H16ClN3O3. The molecule has 0 atom stereocenters. The van der Waals surface area contributed by atoms with Crippen molar-refractivity contribution >= 4 is 29.1 Å². The predicted molar refractivity (Wildman–Crippen MR) is 92.7 cm³/mol. The molecule has 0 aliphatic heterocycles. The Morgan fingerprint density at radius 3 is 2.58 bits per heavy atom. The van der Waals surface area contributed by atoms with Crippen molar-refractivity contribution in [2.75, 3.05) is 19.0 Å². The van der Waals surface area contributed by atoms with Gasteiger partial charge in [-0.25, -0.2) is 0 Å². The molecule has 0 unspecified atom stereocenters. The molecular weight excluding hydrogens is 330 g/mol. The van der Waals surface area contributed by atoms with Gasteiger partial charge in [0.05, 0.1) is 23.3 Å². The van der Waals surface area contributed by atoms with E-state index in [1.165, 1.54) is 25.6 Å². The molecule has 0 aliphatic rings. The lowest BCUT2D eigenvalue weighted by Crippen LogP contribution is -2.24. The van der Waals surface area contributed by atoms with Crippen LogP contribution in [0.25, 0.3) is 0 Å². The molecule has 6 nitrogen and oxygen atoms in total. The molecule has 124 valence electrons. The summed E-state index contributed by atoms with van der Waals surface area (Å²) in [5, 5.41) is 5.70. The normalized spacial score (nSPS) is 9.92. The van der Waals surface area contributed by atoms with Crippen molar-refractivity contribution in [2.45, 2.75) is 0 Å². The van der Waals surface area contributed by atoms with E-state index in [1.807, 2.05) is 0 Å². The summed E-state index contributed by atoms with van der Waals surface area (Å²) in [6.07, 6.45) is 4.33. The van der Waals surface area contributed by atoms with Crippen LogP contribution in [0.1, 0.15) is 20.7 Å². The number of hydrogen-bond donors (Lipinski definition) is 2. The van der Waals surface area contributed by atoms with Gasteiger partial charge in [0.25, 0.3) is 11.8 Å². The summed E-state index contributed by atoms with van der Waals surface area (Å²) in [4.78, 5) is 28.1. The van der Waals surface area contributed by atoms with Gasteiger partial charge in [0.2, 0.25) is 0 Å². The first-order chi connectivity index (χ1) is 11.5. The summed E-state index contributed by atoms with van der Waals surface area (Å²) in [7, 11) is 1.51. The third-order valence-corrected chi connectivity index (χ3v) is 3.37. The molecule has 2 rings (SSSR count). The number of pyridine rings is 1. The minimum absolute atomic E-state index is 0.258. The van der Waals surface area contributed by atoms with E-state index >= 15 is 0 Å². The molecule has 0 spiro atoms. The summed E-state index contributed by atoms with van der Waals surface area (Å²) in [6.45, 7) is 3.86. The molecule has 7 heteroatoms. The third-order valence-electron chi connectivity index (χ3n) is 3.08. The zero-order valence-electron chi connectivity index (χ0n) is 13.0. The summed E-state index contributed by atoms with van der Waals surface area (Å²) in [5.41, 5.74) is 1.05. The highest BCUT2D eigenvalue weighted by atomic mass is 35.5. The summed E-state index contributed by atoms with van der Waals surface area (Å²) in [6, 6.07) is 6.35. The Balaban J connectivity index is 2.13. The summed E-state index contributed by atoms with van der Waals surface area (Å²) >= 11 is 6.02. The molecule has 2 N–H and O–H groups in total. The van der Waals surface area contributed by atoms with Crippen LogP contribution in [-0.2, 0) is 0 Å². The average Bonchev–Trinajstić information content (AvgIpc) is 2.60. The molecule has 0 bridgehead atoms. The van der Waals surface area contributed by atoms with E-state index in [-0.39, 0.29) is 17.0 Å². The van der Waals surface area contributed by atoms with Crippen molar-refractivity contribution in [2.24, 2.45) is 0 Å². The monoisotopic (exact) mass is 345 g/mol. The maximum absolute atomic E-state index is 12.3. The molecule has 0 radical (unpaired) electrons. The number of anilines is 1. The lowest BCUT2D eigenvalue weighted by atomic mass is 10.2. The van der Waals surface area contributed by atoms with Crippen molar-refractivity contribution in [3.63, 3.8) is 0 Å². The average molecular weight is 346 g/mol. The van der Waals surface area contributed by atoms with Crippen LogP contribution in [0.3, 0.4) is 0 Å². The Morgan fingerprint density at radius 2 is 1.96 bits per heavy atom. The number of aromatic nitrogens is 1. The lowest BCUT2D eigenvalue weighted by molar-refractivity contribution is 0.0957. The topological polar surface area (TPSA) is 80.3 Å². The number of carbonyl (C=O) groups excluding carboxylic acids is 2. The molecule has 2 aromatic rings. The van der Waals surface area contributed by atoms with E-state index in [0.717, 1.165) is 0 Å². The number of carbonyl (C=O) groups is 2. The van der Waals surface area contributed by atoms with Crippen LogP contribution >= 0.6 is 11.6 Å². The molecule has 1 aromatic carbocycles. The van der Waals surface area contributed by atoms with Crippen molar-refractivity contribution in [3.05, 3.63) is 65.5 Å². The zero-order valence-corrected chi connectivity index (χ0v) is 13.8. The number of benzene rings is 1. The van der Waals surface area contributed by atoms with E-state index in [9.17, 15) is 9.59 Å². The number of nitrogens with zero attached hydrogens (tertiary/aromatic N) is 1. The van der Waals surface area contributed by atoms with Gasteiger partial charge in [0, 0.05) is 24.6 Å². The Hall–Kier alpha value is -2.86. The second-order valence-electron chi connectivity index (χ2n) is 4.76. The first-order valence-electron chi connectivity index (χ1n) is 7.04. The number of nitrogens with one attached hydrogen (secondary N) is 2. The van der Waals surface area contributed by atoms with Crippen LogP contribution in [0, 0.1) is 0 Å². The van der Waals surface area contributed by atoms with Gasteiger partial charge in [-0.1, -0.05) is 17.7 Å². The van der Waals surface area contributed by atoms with Gasteiger partial charge in [-0.15, -0.1) is 6.58 Å². The van der Waals surface area contributed by atoms with Crippen LogP contribution in [0.15, 0.2) is 49.3 Å². The Morgan fingerprint density at radius 1 is 1.25 bits per heavy atom. The van der Waals surface area contributed by atoms with E-state index in [1.54, 1.807) is 24.3 Å². The van der Waals surface area contributed by atoms with Crippen LogP contribution < -0.4 is 15.4 Å². The predicted octanol–water partition coefficient (Wildman–Crippen LogP) is 2.91. The molecule has 2 amide bonds. The van der Waals surface area contributed by atoms with Gasteiger partial charge in [-0.05, 0) is 24.3 Å². The quantitative estimate of drug-likeness (QED) is 0.789. The smallest absolute Gasteiger partial charge is 0.257 e. The van der Waals surface area contributed by atoms with Gasteiger partial charge in [0.15, 0.2) is 0 Å². The van der Waals surface area contributed by atoms with Gasteiger partial charge >= 0.3 is 0 Å². The summed E-state index contributed by atoms with van der Waals surface area (Å²) < 4.78 is 5.06. The number of ether oxygens (including phenoxy) is 1. The highest BCUT2D eigenvalue weighted by Crippen LogP contribution is 2.27. The largest absolute Gasteiger partial charge is 0.495 e. The maximum Gasteiger partial charge on any atom is 0.257 e. The Labute approximate surface area is 144 Å². The van der Waals surface area contributed by atoms with Crippen molar-refractivity contribution < 1.29 is 14.3 Å². The molecule has 0 aliphatic carbocycles. The summed E-state index contributed by atoms with van der Waals surface area (Å²) in [5.74, 6) is -0.219. The lowest BCUT2D eigenvalue weighted by Gasteiger charge is -2.09. The van der Waals surface area contributed by atoms with Crippen molar-refractivity contribution in [1.29, 1.82) is 0 Å². The fourth-order valence-corrected chi connectivity index (χ4v) is 2.16.